The highest BCUT2D eigenvalue weighted by Gasteiger charge is 2.06. The first kappa shape index (κ1) is 11.0. The molecule has 3 aromatic rings. The van der Waals surface area contributed by atoms with Crippen molar-refractivity contribution in [2.75, 3.05) is 0 Å². The molecule has 0 amide bonds. The minimum absolute atomic E-state index is 0.281. The molecule has 90 valence electrons. The zero-order valence-electron chi connectivity index (χ0n) is 9.32. The summed E-state index contributed by atoms with van der Waals surface area (Å²) in [6, 6.07) is 7.23. The van der Waals surface area contributed by atoms with Gasteiger partial charge in [0.05, 0.1) is 11.2 Å². The van der Waals surface area contributed by atoms with E-state index in [-0.39, 0.29) is 6.61 Å². The van der Waals surface area contributed by atoms with Gasteiger partial charge in [-0.3, -0.25) is 4.98 Å². The van der Waals surface area contributed by atoms with Crippen molar-refractivity contribution in [2.45, 2.75) is 6.61 Å². The minimum atomic E-state index is 0.281. The van der Waals surface area contributed by atoms with Crippen LogP contribution in [0.5, 0.6) is 5.75 Å². The average molecular weight is 261 g/mol. The van der Waals surface area contributed by atoms with Crippen LogP contribution in [0.25, 0.3) is 5.65 Å². The Morgan fingerprint density at radius 3 is 3.00 bits per heavy atom. The predicted octanol–water partition coefficient (Wildman–Crippen LogP) is 2.36. The van der Waals surface area contributed by atoms with Gasteiger partial charge in [-0.15, -0.1) is 5.10 Å². The Labute approximate surface area is 108 Å². The number of hydrogen-bond donors (Lipinski definition) is 0. The fourth-order valence-corrected chi connectivity index (χ4v) is 1.76. The van der Waals surface area contributed by atoms with Gasteiger partial charge in [-0.1, -0.05) is 11.6 Å². The van der Waals surface area contributed by atoms with Gasteiger partial charge in [0.25, 0.3) is 0 Å². The molecule has 0 saturated heterocycles. The predicted molar refractivity (Wildman–Crippen MR) is 66.6 cm³/mol. The Bertz CT molecular complexity index is 668. The maximum atomic E-state index is 6.01. The molecular formula is C12H9ClN4O. The lowest BCUT2D eigenvalue weighted by molar-refractivity contribution is 0.295. The molecule has 0 atom stereocenters. The van der Waals surface area contributed by atoms with Crippen molar-refractivity contribution in [1.29, 1.82) is 0 Å². The van der Waals surface area contributed by atoms with Crippen molar-refractivity contribution >= 4 is 17.2 Å². The van der Waals surface area contributed by atoms with Crippen LogP contribution in [0.1, 0.15) is 5.82 Å². The quantitative estimate of drug-likeness (QED) is 0.725. The third kappa shape index (κ3) is 2.12. The first-order valence-corrected chi connectivity index (χ1v) is 5.73. The minimum Gasteiger partial charge on any atom is -0.484 e. The largest absolute Gasteiger partial charge is 0.484 e. The summed E-state index contributed by atoms with van der Waals surface area (Å²) in [6.07, 6.45) is 5.13. The zero-order valence-corrected chi connectivity index (χ0v) is 10.1. The van der Waals surface area contributed by atoms with Gasteiger partial charge in [0.15, 0.2) is 11.5 Å². The molecule has 5 nitrogen and oxygen atoms in total. The Kier molecular flexibility index (Phi) is 2.82. The summed E-state index contributed by atoms with van der Waals surface area (Å²) < 4.78 is 7.15. The summed E-state index contributed by atoms with van der Waals surface area (Å²) >= 11 is 6.01. The fourth-order valence-electron chi connectivity index (χ4n) is 1.56. The molecule has 6 heteroatoms. The number of rotatable bonds is 3. The highest BCUT2D eigenvalue weighted by Crippen LogP contribution is 2.15. The van der Waals surface area contributed by atoms with Crippen molar-refractivity contribution < 1.29 is 4.74 Å². The van der Waals surface area contributed by atoms with Crippen molar-refractivity contribution in [2.24, 2.45) is 0 Å². The summed E-state index contributed by atoms with van der Waals surface area (Å²) in [7, 11) is 0. The van der Waals surface area contributed by atoms with Crippen LogP contribution < -0.4 is 4.74 Å². The van der Waals surface area contributed by atoms with Crippen molar-refractivity contribution in [3.63, 3.8) is 0 Å². The number of pyridine rings is 2. The highest BCUT2D eigenvalue weighted by molar-refractivity contribution is 6.33. The van der Waals surface area contributed by atoms with E-state index in [1.807, 2.05) is 18.2 Å². The lowest BCUT2D eigenvalue weighted by Gasteiger charge is -2.00. The smallest absolute Gasteiger partial charge is 0.189 e. The van der Waals surface area contributed by atoms with E-state index < -0.39 is 0 Å². The summed E-state index contributed by atoms with van der Waals surface area (Å²) in [5.74, 6) is 1.26. The number of fused-ring (bicyclic) bond motifs is 1. The number of hydrogen-bond acceptors (Lipinski definition) is 4. The van der Waals surface area contributed by atoms with Crippen LogP contribution in [-0.2, 0) is 6.61 Å². The van der Waals surface area contributed by atoms with Crippen molar-refractivity contribution in [1.82, 2.24) is 19.6 Å². The molecule has 0 aliphatic rings. The first-order valence-electron chi connectivity index (χ1n) is 5.35. The van der Waals surface area contributed by atoms with E-state index in [0.717, 1.165) is 0 Å². The number of nitrogens with zero attached hydrogens (tertiary/aromatic N) is 4. The van der Waals surface area contributed by atoms with Crippen LogP contribution in [0.4, 0.5) is 0 Å². The molecule has 3 heterocycles. The van der Waals surface area contributed by atoms with E-state index in [1.54, 1.807) is 29.2 Å². The highest BCUT2D eigenvalue weighted by atomic mass is 35.5. The van der Waals surface area contributed by atoms with E-state index in [2.05, 4.69) is 15.1 Å². The van der Waals surface area contributed by atoms with Gasteiger partial charge in [-0.2, -0.15) is 0 Å². The fraction of sp³-hybridized carbons (Fsp3) is 0.0833. The Morgan fingerprint density at radius 1 is 1.28 bits per heavy atom. The van der Waals surface area contributed by atoms with Gasteiger partial charge in [0.2, 0.25) is 0 Å². The second kappa shape index (κ2) is 4.62. The van der Waals surface area contributed by atoms with Gasteiger partial charge in [-0.25, -0.2) is 9.50 Å². The second-order valence-electron chi connectivity index (χ2n) is 3.63. The third-order valence-corrected chi connectivity index (χ3v) is 2.66. The topological polar surface area (TPSA) is 52.3 Å². The lowest BCUT2D eigenvalue weighted by Crippen LogP contribution is -1.98. The SMILES string of the molecule is Clc1cccn2nc(COc3cccnc3)nc12. The Hall–Kier alpha value is -2.14. The molecule has 0 fully saturated rings. The van der Waals surface area contributed by atoms with Gasteiger partial charge in [0.1, 0.15) is 12.4 Å². The summed E-state index contributed by atoms with van der Waals surface area (Å²) in [5.41, 5.74) is 0.629. The maximum Gasteiger partial charge on any atom is 0.189 e. The molecule has 0 bridgehead atoms. The van der Waals surface area contributed by atoms with Gasteiger partial charge >= 0.3 is 0 Å². The van der Waals surface area contributed by atoms with Gasteiger partial charge in [0, 0.05) is 12.4 Å². The van der Waals surface area contributed by atoms with Crippen LogP contribution in [0.2, 0.25) is 5.02 Å². The molecule has 0 spiro atoms. The Balaban J connectivity index is 1.81. The third-order valence-electron chi connectivity index (χ3n) is 2.36. The summed E-state index contributed by atoms with van der Waals surface area (Å²) in [6.45, 7) is 0.281. The van der Waals surface area contributed by atoms with Crippen molar-refractivity contribution in [3.8, 4) is 5.75 Å². The Morgan fingerprint density at radius 2 is 2.22 bits per heavy atom. The number of halogens is 1. The zero-order chi connectivity index (χ0) is 12.4. The molecule has 0 aromatic carbocycles. The second-order valence-corrected chi connectivity index (χ2v) is 4.04. The van der Waals surface area contributed by atoms with Gasteiger partial charge in [-0.05, 0) is 24.3 Å². The molecule has 0 aliphatic carbocycles. The molecule has 0 N–H and O–H groups in total. The molecule has 0 unspecified atom stereocenters. The monoisotopic (exact) mass is 260 g/mol. The molecule has 3 aromatic heterocycles. The molecule has 0 aliphatic heterocycles. The molecule has 0 radical (unpaired) electrons. The maximum absolute atomic E-state index is 6.01. The lowest BCUT2D eigenvalue weighted by atomic mass is 10.5. The number of aromatic nitrogens is 4. The van der Waals surface area contributed by atoms with E-state index in [4.69, 9.17) is 16.3 Å². The van der Waals surface area contributed by atoms with E-state index in [0.29, 0.717) is 22.2 Å². The van der Waals surface area contributed by atoms with E-state index in [1.165, 1.54) is 0 Å². The van der Waals surface area contributed by atoms with Crippen LogP contribution in [0.3, 0.4) is 0 Å². The van der Waals surface area contributed by atoms with E-state index >= 15 is 0 Å². The average Bonchev–Trinajstić information content (AvgIpc) is 2.82. The summed E-state index contributed by atoms with van der Waals surface area (Å²) in [4.78, 5) is 8.26. The molecular weight excluding hydrogens is 252 g/mol. The molecule has 18 heavy (non-hydrogen) atoms. The normalized spacial score (nSPS) is 10.7. The van der Waals surface area contributed by atoms with Crippen LogP contribution in [0, 0.1) is 0 Å². The number of ether oxygens (including phenoxy) is 1. The molecule has 0 saturated carbocycles. The van der Waals surface area contributed by atoms with Crippen LogP contribution in [-0.4, -0.2) is 19.6 Å². The first-order chi connectivity index (χ1) is 8.83. The van der Waals surface area contributed by atoms with Crippen molar-refractivity contribution in [3.05, 3.63) is 53.7 Å². The van der Waals surface area contributed by atoms with E-state index in [9.17, 15) is 0 Å². The van der Waals surface area contributed by atoms with Crippen LogP contribution >= 0.6 is 11.6 Å². The summed E-state index contributed by atoms with van der Waals surface area (Å²) in [5, 5.41) is 4.83. The van der Waals surface area contributed by atoms with Crippen LogP contribution in [0.15, 0.2) is 42.9 Å². The molecule has 3 rings (SSSR count). The standard InChI is InChI=1S/C12H9ClN4O/c13-10-4-2-6-17-12(10)15-11(16-17)8-18-9-3-1-5-14-7-9/h1-7H,8H2. The van der Waals surface area contributed by atoms with Gasteiger partial charge < -0.3 is 4.74 Å².